The summed E-state index contributed by atoms with van der Waals surface area (Å²) in [4.78, 5) is 8.95. The van der Waals surface area contributed by atoms with Gasteiger partial charge in [0, 0.05) is 24.6 Å². The minimum atomic E-state index is -0.591. The molecule has 1 fully saturated rings. The van der Waals surface area contributed by atoms with Crippen molar-refractivity contribution in [2.45, 2.75) is 11.6 Å². The molecular weight excluding hydrogens is 372 g/mol. The highest BCUT2D eigenvalue weighted by Gasteiger charge is 2.63. The molecule has 1 saturated heterocycles. The van der Waals surface area contributed by atoms with Crippen LogP contribution in [0.2, 0.25) is 0 Å². The molecule has 0 aromatic heterocycles. The van der Waals surface area contributed by atoms with E-state index in [1.165, 1.54) is 16.7 Å². The van der Waals surface area contributed by atoms with Crippen LogP contribution in [0.5, 0.6) is 0 Å². The Hall–Kier alpha value is -2.95. The lowest BCUT2D eigenvalue weighted by Crippen LogP contribution is -2.54. The van der Waals surface area contributed by atoms with Crippen molar-refractivity contribution in [2.75, 3.05) is 26.3 Å². The van der Waals surface area contributed by atoms with Gasteiger partial charge in [-0.1, -0.05) is 90.1 Å². The Bertz CT molecular complexity index is 1080. The maximum atomic E-state index is 6.51. The molecule has 150 valence electrons. The second kappa shape index (κ2) is 7.08. The highest BCUT2D eigenvalue weighted by Crippen LogP contribution is 2.59. The summed E-state index contributed by atoms with van der Waals surface area (Å²) in [5.41, 5.74) is 5.45. The average molecular weight is 396 g/mol. The van der Waals surface area contributed by atoms with Crippen LogP contribution >= 0.6 is 0 Å². The van der Waals surface area contributed by atoms with E-state index in [1.807, 2.05) is 6.07 Å². The predicted octanol–water partition coefficient (Wildman–Crippen LogP) is 4.37. The summed E-state index contributed by atoms with van der Waals surface area (Å²) in [5.74, 6) is 0.268. The van der Waals surface area contributed by atoms with E-state index in [-0.39, 0.29) is 11.8 Å². The van der Waals surface area contributed by atoms with Crippen LogP contribution in [0.25, 0.3) is 0 Å². The second-order valence-electron chi connectivity index (χ2n) is 8.18. The van der Waals surface area contributed by atoms with Crippen LogP contribution in [-0.2, 0) is 15.3 Å². The smallest absolute Gasteiger partial charge is 0.226 e. The van der Waals surface area contributed by atoms with E-state index in [1.54, 1.807) is 0 Å². The van der Waals surface area contributed by atoms with Gasteiger partial charge >= 0.3 is 0 Å². The molecule has 4 heteroatoms. The van der Waals surface area contributed by atoms with Crippen molar-refractivity contribution in [3.8, 4) is 0 Å². The van der Waals surface area contributed by atoms with Crippen LogP contribution in [0.1, 0.15) is 28.2 Å². The minimum absolute atomic E-state index is 0.0813. The largest absolute Gasteiger partial charge is 0.379 e. The maximum Gasteiger partial charge on any atom is 0.226 e. The Morgan fingerprint density at radius 1 is 0.800 bits per heavy atom. The molecule has 3 aromatic carbocycles. The molecule has 0 saturated carbocycles. The normalized spacial score (nSPS) is 27.8. The van der Waals surface area contributed by atoms with E-state index in [2.05, 4.69) is 83.8 Å². The van der Waals surface area contributed by atoms with E-state index in [0.29, 0.717) is 0 Å². The number of benzene rings is 3. The monoisotopic (exact) mass is 396 g/mol. The number of hydrogen-bond acceptors (Lipinski definition) is 4. The van der Waals surface area contributed by atoms with Crippen LogP contribution < -0.4 is 0 Å². The first kappa shape index (κ1) is 17.9. The third-order valence-corrected chi connectivity index (χ3v) is 6.72. The number of fused-ring (bicyclic) bond motifs is 3. The van der Waals surface area contributed by atoms with E-state index in [4.69, 9.17) is 14.7 Å². The molecule has 2 heterocycles. The van der Waals surface area contributed by atoms with E-state index in [9.17, 15) is 0 Å². The summed E-state index contributed by atoms with van der Waals surface area (Å²) in [7, 11) is 0. The van der Waals surface area contributed by atoms with Crippen molar-refractivity contribution >= 4 is 5.71 Å². The Morgan fingerprint density at radius 3 is 2.23 bits per heavy atom. The van der Waals surface area contributed by atoms with Crippen molar-refractivity contribution < 1.29 is 9.57 Å². The number of ether oxygens (including phenoxy) is 1. The summed E-state index contributed by atoms with van der Waals surface area (Å²) in [6, 6.07) is 30.0. The quantitative estimate of drug-likeness (QED) is 0.659. The molecule has 2 aliphatic heterocycles. The van der Waals surface area contributed by atoms with E-state index >= 15 is 0 Å². The molecule has 3 atom stereocenters. The zero-order valence-corrected chi connectivity index (χ0v) is 16.8. The van der Waals surface area contributed by atoms with Crippen molar-refractivity contribution in [1.29, 1.82) is 0 Å². The fourth-order valence-electron chi connectivity index (χ4n) is 5.49. The first-order valence-electron chi connectivity index (χ1n) is 10.7. The molecule has 0 unspecified atom stereocenters. The number of rotatable bonds is 3. The topological polar surface area (TPSA) is 34.1 Å². The molecule has 4 nitrogen and oxygen atoms in total. The van der Waals surface area contributed by atoms with Gasteiger partial charge in [-0.25, -0.2) is 0 Å². The van der Waals surface area contributed by atoms with Gasteiger partial charge in [0.2, 0.25) is 5.72 Å². The summed E-state index contributed by atoms with van der Waals surface area (Å²) in [5, 5.41) is 4.75. The summed E-state index contributed by atoms with van der Waals surface area (Å²) < 4.78 is 5.68. The molecule has 1 aliphatic carbocycles. The summed E-state index contributed by atoms with van der Waals surface area (Å²) in [6.45, 7) is 3.11. The van der Waals surface area contributed by atoms with Crippen LogP contribution in [0.4, 0.5) is 0 Å². The fourth-order valence-corrected chi connectivity index (χ4v) is 5.49. The van der Waals surface area contributed by atoms with Crippen LogP contribution in [0.15, 0.2) is 90.1 Å². The maximum absolute atomic E-state index is 6.51. The molecular formula is C26H24N2O2. The van der Waals surface area contributed by atoms with Crippen molar-refractivity contribution in [3.63, 3.8) is 0 Å². The number of hydrogen-bond donors (Lipinski definition) is 0. The lowest BCUT2D eigenvalue weighted by Gasteiger charge is -2.42. The van der Waals surface area contributed by atoms with Crippen molar-refractivity contribution in [1.82, 2.24) is 4.90 Å². The van der Waals surface area contributed by atoms with Gasteiger partial charge in [0.25, 0.3) is 0 Å². The minimum Gasteiger partial charge on any atom is -0.379 e. The Kier molecular flexibility index (Phi) is 4.22. The lowest BCUT2D eigenvalue weighted by atomic mass is 9.78. The van der Waals surface area contributed by atoms with Gasteiger partial charge in [0.05, 0.1) is 24.8 Å². The molecule has 3 aromatic rings. The molecule has 0 spiro atoms. The van der Waals surface area contributed by atoms with Gasteiger partial charge in [0.1, 0.15) is 0 Å². The zero-order valence-electron chi connectivity index (χ0n) is 16.8. The third-order valence-electron chi connectivity index (χ3n) is 6.72. The molecule has 0 N–H and O–H groups in total. The van der Waals surface area contributed by atoms with Crippen LogP contribution in [0.3, 0.4) is 0 Å². The van der Waals surface area contributed by atoms with Crippen LogP contribution in [-0.4, -0.2) is 36.9 Å². The van der Waals surface area contributed by atoms with Gasteiger partial charge in [0.15, 0.2) is 0 Å². The van der Waals surface area contributed by atoms with Gasteiger partial charge in [-0.3, -0.25) is 4.90 Å². The lowest BCUT2D eigenvalue weighted by molar-refractivity contribution is -0.185. The number of nitrogens with zero attached hydrogens (tertiary/aromatic N) is 2. The Labute approximate surface area is 176 Å². The summed E-state index contributed by atoms with van der Waals surface area (Å²) >= 11 is 0. The van der Waals surface area contributed by atoms with E-state index < -0.39 is 5.72 Å². The first-order valence-corrected chi connectivity index (χ1v) is 10.7. The molecule has 30 heavy (non-hydrogen) atoms. The first-order chi connectivity index (χ1) is 14.9. The SMILES string of the molecule is c1ccc(C2=NO[C@@]3(N4CCOCC4)c4ccccc4[C@H](c4ccccc4)[C@@H]23)cc1. The Balaban J connectivity index is 1.58. The number of morpholine rings is 1. The molecule has 3 aliphatic rings. The highest BCUT2D eigenvalue weighted by molar-refractivity contribution is 6.05. The van der Waals surface area contributed by atoms with Gasteiger partial charge in [-0.2, -0.15) is 0 Å². The molecule has 0 amide bonds. The second-order valence-corrected chi connectivity index (χ2v) is 8.18. The zero-order chi connectivity index (χ0) is 20.0. The van der Waals surface area contributed by atoms with Gasteiger partial charge in [-0.05, 0) is 16.7 Å². The number of oxime groups is 1. The predicted molar refractivity (Wildman–Crippen MR) is 116 cm³/mol. The Morgan fingerprint density at radius 2 is 1.47 bits per heavy atom. The van der Waals surface area contributed by atoms with Crippen molar-refractivity contribution in [3.05, 3.63) is 107 Å². The van der Waals surface area contributed by atoms with Crippen molar-refractivity contribution in [2.24, 2.45) is 11.1 Å². The standard InChI is InChI=1S/C26H24N2O2/c1-3-9-19(10-4-1)23-21-13-7-8-14-22(21)26(28-15-17-29-18-16-28)24(23)25(27-30-26)20-11-5-2-6-12-20/h1-14,23-24H,15-18H2/t23-,24-,26-/m0/s1. The summed E-state index contributed by atoms with van der Waals surface area (Å²) in [6.07, 6.45) is 0. The molecule has 0 radical (unpaired) electrons. The van der Waals surface area contributed by atoms with Gasteiger partial charge in [-0.15, -0.1) is 0 Å². The average Bonchev–Trinajstić information content (AvgIpc) is 3.35. The molecule has 6 rings (SSSR count). The van der Waals surface area contributed by atoms with Gasteiger partial charge < -0.3 is 9.57 Å². The van der Waals surface area contributed by atoms with Crippen LogP contribution in [0, 0.1) is 5.92 Å². The fraction of sp³-hybridized carbons (Fsp3) is 0.269. The molecule has 0 bridgehead atoms. The third kappa shape index (κ3) is 2.51. The highest BCUT2D eigenvalue weighted by atomic mass is 16.7. The van der Waals surface area contributed by atoms with E-state index in [0.717, 1.165) is 37.6 Å².